The second-order valence-corrected chi connectivity index (χ2v) is 15.5. The highest BCUT2D eigenvalue weighted by molar-refractivity contribution is 5.91. The Hall–Kier alpha value is -8.32. The number of rotatable bonds is 18. The van der Waals surface area contributed by atoms with Crippen molar-refractivity contribution in [2.24, 2.45) is 5.41 Å². The molecule has 13 nitrogen and oxygen atoms in total. The SMILES string of the molecule is Cc1nc(N)nc2c1ncn2CCC(COC(=O)c1cccc(Cc2ccccc2)c1)(COC(=O)c1cccc(Oc2ccccc2)c1)COC(=O)c1cccc(Oc2ccccc2)c1. The largest absolute Gasteiger partial charge is 0.461 e. The molecule has 0 aliphatic carbocycles. The van der Waals surface area contributed by atoms with Gasteiger partial charge in [-0.05, 0) is 104 Å². The number of carbonyl (C=O) groups is 3. The van der Waals surface area contributed by atoms with Gasteiger partial charge in [0.15, 0.2) is 5.65 Å². The van der Waals surface area contributed by atoms with Crippen LogP contribution in [-0.4, -0.2) is 57.2 Å². The summed E-state index contributed by atoms with van der Waals surface area (Å²) in [7, 11) is 0. The Labute approximate surface area is 375 Å². The number of para-hydroxylation sites is 2. The summed E-state index contributed by atoms with van der Waals surface area (Å²) in [5.74, 6) is 0.167. The Morgan fingerprint density at radius 3 is 1.55 bits per heavy atom. The molecule has 8 rings (SSSR count). The van der Waals surface area contributed by atoms with E-state index in [1.54, 1.807) is 109 Å². The van der Waals surface area contributed by atoms with Crippen LogP contribution in [0.1, 0.15) is 54.3 Å². The van der Waals surface area contributed by atoms with E-state index in [1.165, 1.54) is 0 Å². The number of esters is 3. The van der Waals surface area contributed by atoms with E-state index in [2.05, 4.69) is 15.0 Å². The zero-order chi connectivity index (χ0) is 45.0. The summed E-state index contributed by atoms with van der Waals surface area (Å²) in [6.07, 6.45) is 2.37. The van der Waals surface area contributed by atoms with Crippen molar-refractivity contribution in [3.8, 4) is 23.0 Å². The van der Waals surface area contributed by atoms with Gasteiger partial charge in [-0.25, -0.2) is 24.4 Å². The second-order valence-electron chi connectivity index (χ2n) is 15.5. The Balaban J connectivity index is 1.09. The number of anilines is 1. The normalized spacial score (nSPS) is 11.2. The third-order valence-electron chi connectivity index (χ3n) is 10.6. The molecule has 6 aromatic carbocycles. The van der Waals surface area contributed by atoms with Crippen LogP contribution in [0.25, 0.3) is 11.2 Å². The number of hydrogen-bond acceptors (Lipinski definition) is 12. The smallest absolute Gasteiger partial charge is 0.338 e. The zero-order valence-corrected chi connectivity index (χ0v) is 35.5. The van der Waals surface area contributed by atoms with Crippen molar-refractivity contribution >= 4 is 35.0 Å². The molecule has 0 spiro atoms. The zero-order valence-electron chi connectivity index (χ0n) is 35.5. The fourth-order valence-electron chi connectivity index (χ4n) is 7.14. The molecule has 0 fully saturated rings. The first-order chi connectivity index (χ1) is 31.7. The maximum Gasteiger partial charge on any atom is 0.338 e. The lowest BCUT2D eigenvalue weighted by Gasteiger charge is -2.32. The molecule has 2 heterocycles. The Bertz CT molecular complexity index is 2660. The number of hydrogen-bond donors (Lipinski definition) is 1. The number of carbonyl (C=O) groups excluding carboxylic acids is 3. The number of benzene rings is 6. The van der Waals surface area contributed by atoms with Crippen molar-refractivity contribution in [1.82, 2.24) is 19.5 Å². The molecule has 0 aliphatic heterocycles. The molecule has 0 saturated heterocycles. The van der Waals surface area contributed by atoms with E-state index in [9.17, 15) is 14.4 Å². The first-order valence-corrected chi connectivity index (χ1v) is 20.9. The summed E-state index contributed by atoms with van der Waals surface area (Å²) >= 11 is 0. The summed E-state index contributed by atoms with van der Waals surface area (Å²) < 4.78 is 32.0. The van der Waals surface area contributed by atoms with Crippen LogP contribution in [0.4, 0.5) is 5.95 Å². The molecule has 8 aromatic rings. The molecule has 65 heavy (non-hydrogen) atoms. The lowest BCUT2D eigenvalue weighted by molar-refractivity contribution is -0.0417. The molecule has 326 valence electrons. The number of aryl methyl sites for hydroxylation is 2. The van der Waals surface area contributed by atoms with Gasteiger partial charge in [0, 0.05) is 6.54 Å². The summed E-state index contributed by atoms with van der Waals surface area (Å²) in [6, 6.07) is 48.7. The van der Waals surface area contributed by atoms with Gasteiger partial charge in [0.2, 0.25) is 5.95 Å². The topological polar surface area (TPSA) is 167 Å². The Kier molecular flexibility index (Phi) is 13.5. The number of imidazole rings is 1. The molecule has 0 saturated carbocycles. The van der Waals surface area contributed by atoms with Crippen LogP contribution >= 0.6 is 0 Å². The van der Waals surface area contributed by atoms with E-state index in [0.29, 0.717) is 51.8 Å². The van der Waals surface area contributed by atoms with Gasteiger partial charge in [-0.2, -0.15) is 4.98 Å². The predicted molar refractivity (Wildman–Crippen MR) is 244 cm³/mol. The quantitative estimate of drug-likeness (QED) is 0.0642. The summed E-state index contributed by atoms with van der Waals surface area (Å²) in [4.78, 5) is 55.0. The Morgan fingerprint density at radius 1 is 0.554 bits per heavy atom. The van der Waals surface area contributed by atoms with Gasteiger partial charge in [-0.1, -0.05) is 91.0 Å². The van der Waals surface area contributed by atoms with Gasteiger partial charge in [0.05, 0.1) is 34.1 Å². The third kappa shape index (κ3) is 11.4. The van der Waals surface area contributed by atoms with Crippen LogP contribution in [-0.2, 0) is 27.2 Å². The van der Waals surface area contributed by atoms with Crippen LogP contribution in [0, 0.1) is 12.3 Å². The van der Waals surface area contributed by atoms with Gasteiger partial charge in [0.1, 0.15) is 48.3 Å². The minimum Gasteiger partial charge on any atom is -0.461 e. The highest BCUT2D eigenvalue weighted by Crippen LogP contribution is 2.30. The molecule has 0 amide bonds. The molecule has 2 N–H and O–H groups in total. The van der Waals surface area contributed by atoms with Crippen molar-refractivity contribution in [3.05, 3.63) is 204 Å². The monoisotopic (exact) mass is 867 g/mol. The highest BCUT2D eigenvalue weighted by atomic mass is 16.6. The fraction of sp³-hybridized carbons (Fsp3) is 0.154. The molecule has 13 heteroatoms. The van der Waals surface area contributed by atoms with Crippen LogP contribution in [0.2, 0.25) is 0 Å². The van der Waals surface area contributed by atoms with Gasteiger partial charge >= 0.3 is 17.9 Å². The van der Waals surface area contributed by atoms with Crippen LogP contribution in [0.5, 0.6) is 23.0 Å². The van der Waals surface area contributed by atoms with Gasteiger partial charge in [0.25, 0.3) is 0 Å². The minimum atomic E-state index is -1.32. The number of aromatic nitrogens is 4. The fourth-order valence-corrected chi connectivity index (χ4v) is 7.14. The molecular weight excluding hydrogens is 823 g/mol. The van der Waals surface area contributed by atoms with Gasteiger partial charge in [-0.15, -0.1) is 0 Å². The second kappa shape index (κ2) is 20.2. The molecule has 0 bridgehead atoms. The maximum absolute atomic E-state index is 14.0. The van der Waals surface area contributed by atoms with Crippen LogP contribution < -0.4 is 15.2 Å². The molecule has 0 radical (unpaired) electrons. The van der Waals surface area contributed by atoms with Crippen molar-refractivity contribution < 1.29 is 38.1 Å². The van der Waals surface area contributed by atoms with Crippen molar-refractivity contribution in [1.29, 1.82) is 0 Å². The number of nitrogens with two attached hydrogens (primary N) is 1. The molecule has 2 aromatic heterocycles. The minimum absolute atomic E-state index is 0.0752. The number of nitrogens with zero attached hydrogens (tertiary/aromatic N) is 4. The summed E-state index contributed by atoms with van der Waals surface area (Å²) in [5.41, 5.74) is 9.14. The average molecular weight is 868 g/mol. The van der Waals surface area contributed by atoms with E-state index in [0.717, 1.165) is 11.1 Å². The van der Waals surface area contributed by atoms with E-state index in [1.807, 2.05) is 72.8 Å². The van der Waals surface area contributed by atoms with Crippen molar-refractivity contribution in [2.75, 3.05) is 25.6 Å². The molecule has 0 aliphatic rings. The Morgan fingerprint density at radius 2 is 1.02 bits per heavy atom. The highest BCUT2D eigenvalue weighted by Gasteiger charge is 2.37. The first kappa shape index (κ1) is 43.3. The van der Waals surface area contributed by atoms with Crippen molar-refractivity contribution in [3.63, 3.8) is 0 Å². The van der Waals surface area contributed by atoms with Crippen molar-refractivity contribution in [2.45, 2.75) is 26.3 Å². The lowest BCUT2D eigenvalue weighted by Crippen LogP contribution is -2.40. The standard InChI is InChI=1S/C52H45N5O8/c1-36-46-47(56-51(53)55-36)57(35-54-46)27-26-52(32-61-48(58)39-17-11-16-38(29-39)28-37-14-5-2-6-15-37,33-62-49(59)40-18-12-24-44(30-40)64-42-20-7-3-8-21-42)34-63-50(60)41-19-13-25-45(31-41)65-43-22-9-4-10-23-43/h2-25,29-31,35H,26-28,32-34H2,1H3,(H2,53,55,56). The van der Waals surface area contributed by atoms with E-state index >= 15 is 0 Å². The molecule has 0 unspecified atom stereocenters. The first-order valence-electron chi connectivity index (χ1n) is 20.9. The molecular formula is C52H45N5O8. The van der Waals surface area contributed by atoms with Crippen LogP contribution in [0.15, 0.2) is 170 Å². The lowest BCUT2D eigenvalue weighted by atomic mass is 9.86. The van der Waals surface area contributed by atoms with E-state index < -0.39 is 23.3 Å². The van der Waals surface area contributed by atoms with Gasteiger partial charge in [-0.3, -0.25) is 0 Å². The van der Waals surface area contributed by atoms with E-state index in [4.69, 9.17) is 29.4 Å². The number of fused-ring (bicyclic) bond motifs is 1. The van der Waals surface area contributed by atoms with Crippen LogP contribution in [0.3, 0.4) is 0 Å². The summed E-state index contributed by atoms with van der Waals surface area (Å²) in [6.45, 7) is 1.03. The number of ether oxygens (including phenoxy) is 5. The predicted octanol–water partition coefficient (Wildman–Crippen LogP) is 9.84. The average Bonchev–Trinajstić information content (AvgIpc) is 3.75. The summed E-state index contributed by atoms with van der Waals surface area (Å²) in [5, 5.41) is 0. The van der Waals surface area contributed by atoms with Gasteiger partial charge < -0.3 is 34.0 Å². The van der Waals surface area contributed by atoms with E-state index in [-0.39, 0.29) is 49.9 Å². The molecule has 0 atom stereocenters. The third-order valence-corrected chi connectivity index (χ3v) is 10.6. The number of nitrogen functional groups attached to an aromatic ring is 1. The maximum atomic E-state index is 14.0.